The average molecular weight is 294 g/mol. The van der Waals surface area contributed by atoms with Gasteiger partial charge in [0.15, 0.2) is 5.82 Å². The van der Waals surface area contributed by atoms with Crippen molar-refractivity contribution >= 4 is 21.6 Å². The zero-order valence-electron chi connectivity index (χ0n) is 9.34. The van der Waals surface area contributed by atoms with Crippen molar-refractivity contribution in [3.8, 4) is 11.4 Å². The van der Waals surface area contributed by atoms with Gasteiger partial charge < -0.3 is 5.73 Å². The van der Waals surface area contributed by atoms with Crippen molar-refractivity contribution in [3.05, 3.63) is 22.7 Å². The van der Waals surface area contributed by atoms with Gasteiger partial charge in [0.2, 0.25) is 0 Å². The second kappa shape index (κ2) is 3.80. The Balaban J connectivity index is 2.09. The molecule has 1 heterocycles. The van der Waals surface area contributed by atoms with E-state index in [-0.39, 0.29) is 0 Å². The molecule has 17 heavy (non-hydrogen) atoms. The van der Waals surface area contributed by atoms with Gasteiger partial charge in [-0.15, -0.1) is 5.10 Å². The van der Waals surface area contributed by atoms with Gasteiger partial charge in [-0.1, -0.05) is 22.9 Å². The highest BCUT2D eigenvalue weighted by molar-refractivity contribution is 9.10. The van der Waals surface area contributed by atoms with E-state index in [1.807, 2.05) is 22.9 Å². The van der Waals surface area contributed by atoms with Crippen LogP contribution in [0.4, 0.5) is 5.69 Å². The number of nitrogen functional groups attached to an aromatic ring is 1. The Morgan fingerprint density at radius 2 is 2.24 bits per heavy atom. The normalized spacial score (nSPS) is 22.7. The van der Waals surface area contributed by atoms with Crippen molar-refractivity contribution in [1.82, 2.24) is 20.2 Å². The number of aromatic nitrogens is 4. The molecule has 2 atom stereocenters. The summed E-state index contributed by atoms with van der Waals surface area (Å²) >= 11 is 3.51. The first-order valence-corrected chi connectivity index (χ1v) is 6.29. The zero-order valence-corrected chi connectivity index (χ0v) is 10.9. The van der Waals surface area contributed by atoms with Crippen molar-refractivity contribution in [3.63, 3.8) is 0 Å². The van der Waals surface area contributed by atoms with Crippen molar-refractivity contribution in [2.24, 2.45) is 5.92 Å². The minimum atomic E-state index is 0.424. The Labute approximate surface area is 107 Å². The van der Waals surface area contributed by atoms with E-state index in [0.29, 0.717) is 17.6 Å². The SMILES string of the molecule is CC1CC1n1nnnc1-c1cc(N)ccc1Br. The maximum Gasteiger partial charge on any atom is 0.183 e. The fourth-order valence-electron chi connectivity index (χ4n) is 1.95. The van der Waals surface area contributed by atoms with Crippen LogP contribution in [-0.4, -0.2) is 20.2 Å². The summed E-state index contributed by atoms with van der Waals surface area (Å²) in [4.78, 5) is 0. The minimum Gasteiger partial charge on any atom is -0.399 e. The van der Waals surface area contributed by atoms with E-state index in [1.54, 1.807) is 0 Å². The molecule has 1 aromatic heterocycles. The number of nitrogens with two attached hydrogens (primary N) is 1. The Kier molecular flexibility index (Phi) is 2.39. The number of hydrogen-bond acceptors (Lipinski definition) is 4. The minimum absolute atomic E-state index is 0.424. The fraction of sp³-hybridized carbons (Fsp3) is 0.364. The molecule has 6 heteroatoms. The van der Waals surface area contributed by atoms with E-state index < -0.39 is 0 Å². The van der Waals surface area contributed by atoms with Gasteiger partial charge in [-0.3, -0.25) is 0 Å². The first kappa shape index (κ1) is 10.7. The lowest BCUT2D eigenvalue weighted by atomic mass is 10.2. The molecule has 88 valence electrons. The molecule has 1 aliphatic carbocycles. The maximum atomic E-state index is 5.80. The number of tetrazole rings is 1. The lowest BCUT2D eigenvalue weighted by Gasteiger charge is -2.06. The van der Waals surface area contributed by atoms with Gasteiger partial charge in [-0.05, 0) is 41.0 Å². The summed E-state index contributed by atoms with van der Waals surface area (Å²) in [7, 11) is 0. The lowest BCUT2D eigenvalue weighted by molar-refractivity contribution is 0.584. The second-order valence-corrected chi connectivity index (χ2v) is 5.32. The van der Waals surface area contributed by atoms with Crippen LogP contribution in [0.3, 0.4) is 0 Å². The van der Waals surface area contributed by atoms with Crippen LogP contribution in [0.15, 0.2) is 22.7 Å². The van der Waals surface area contributed by atoms with Crippen molar-refractivity contribution in [2.45, 2.75) is 19.4 Å². The lowest BCUT2D eigenvalue weighted by Crippen LogP contribution is -2.02. The fourth-order valence-corrected chi connectivity index (χ4v) is 2.38. The average Bonchev–Trinajstić information content (AvgIpc) is 2.85. The number of nitrogens with zero attached hydrogens (tertiary/aromatic N) is 4. The van der Waals surface area contributed by atoms with E-state index in [9.17, 15) is 0 Å². The predicted molar refractivity (Wildman–Crippen MR) is 68.2 cm³/mol. The van der Waals surface area contributed by atoms with Gasteiger partial charge in [0.25, 0.3) is 0 Å². The first-order valence-electron chi connectivity index (χ1n) is 5.50. The Hall–Kier alpha value is -1.43. The summed E-state index contributed by atoms with van der Waals surface area (Å²) in [6.07, 6.45) is 1.14. The zero-order chi connectivity index (χ0) is 12.0. The number of benzene rings is 1. The largest absolute Gasteiger partial charge is 0.399 e. The van der Waals surface area contributed by atoms with Gasteiger partial charge in [0.1, 0.15) is 0 Å². The van der Waals surface area contributed by atoms with Gasteiger partial charge >= 0.3 is 0 Å². The standard InChI is InChI=1S/C11H12BrN5/c1-6-4-10(6)17-11(14-15-16-17)8-5-7(13)2-3-9(8)12/h2-3,5-6,10H,4,13H2,1H3. The van der Waals surface area contributed by atoms with Crippen LogP contribution < -0.4 is 5.73 Å². The molecule has 3 rings (SSSR count). The molecule has 0 spiro atoms. The van der Waals surface area contributed by atoms with Crippen LogP contribution in [0.25, 0.3) is 11.4 Å². The molecule has 0 amide bonds. The van der Waals surface area contributed by atoms with Crippen LogP contribution in [-0.2, 0) is 0 Å². The van der Waals surface area contributed by atoms with Crippen molar-refractivity contribution < 1.29 is 0 Å². The molecule has 2 N–H and O–H groups in total. The highest BCUT2D eigenvalue weighted by atomic mass is 79.9. The van der Waals surface area contributed by atoms with Gasteiger partial charge in [-0.2, -0.15) is 0 Å². The Morgan fingerprint density at radius 1 is 1.47 bits per heavy atom. The smallest absolute Gasteiger partial charge is 0.183 e. The Bertz CT molecular complexity index is 565. The maximum absolute atomic E-state index is 5.80. The molecule has 2 aromatic rings. The van der Waals surface area contributed by atoms with Crippen LogP contribution >= 0.6 is 15.9 Å². The number of hydrogen-bond donors (Lipinski definition) is 1. The molecule has 1 aromatic carbocycles. The molecule has 1 saturated carbocycles. The molecule has 0 radical (unpaired) electrons. The van der Waals surface area contributed by atoms with Gasteiger partial charge in [0.05, 0.1) is 6.04 Å². The first-order chi connectivity index (χ1) is 8.16. The monoisotopic (exact) mass is 293 g/mol. The van der Waals surface area contributed by atoms with Crippen LogP contribution in [0.2, 0.25) is 0 Å². The molecule has 1 fully saturated rings. The number of anilines is 1. The molecule has 2 unspecified atom stereocenters. The highest BCUT2D eigenvalue weighted by Crippen LogP contribution is 2.44. The molecule has 1 aliphatic rings. The highest BCUT2D eigenvalue weighted by Gasteiger charge is 2.37. The summed E-state index contributed by atoms with van der Waals surface area (Å²) in [5, 5.41) is 11.9. The van der Waals surface area contributed by atoms with E-state index in [2.05, 4.69) is 38.4 Å². The Morgan fingerprint density at radius 3 is 2.94 bits per heavy atom. The van der Waals surface area contributed by atoms with Crippen molar-refractivity contribution in [2.75, 3.05) is 5.73 Å². The van der Waals surface area contributed by atoms with Crippen molar-refractivity contribution in [1.29, 1.82) is 0 Å². The van der Waals surface area contributed by atoms with E-state index in [1.165, 1.54) is 0 Å². The summed E-state index contributed by atoms with van der Waals surface area (Å²) in [6, 6.07) is 6.08. The molecule has 0 bridgehead atoms. The number of rotatable bonds is 2. The third-order valence-electron chi connectivity index (χ3n) is 3.11. The second-order valence-electron chi connectivity index (χ2n) is 4.47. The summed E-state index contributed by atoms with van der Waals surface area (Å²) < 4.78 is 2.85. The quantitative estimate of drug-likeness (QED) is 0.863. The summed E-state index contributed by atoms with van der Waals surface area (Å²) in [5.41, 5.74) is 7.45. The predicted octanol–water partition coefficient (Wildman–Crippen LogP) is 2.27. The third kappa shape index (κ3) is 1.82. The molecule has 0 saturated heterocycles. The molecule has 5 nitrogen and oxygen atoms in total. The van der Waals surface area contributed by atoms with E-state index >= 15 is 0 Å². The van der Waals surface area contributed by atoms with E-state index in [4.69, 9.17) is 5.73 Å². The van der Waals surface area contributed by atoms with Crippen LogP contribution in [0, 0.1) is 5.92 Å². The third-order valence-corrected chi connectivity index (χ3v) is 3.80. The molecular formula is C11H12BrN5. The molecular weight excluding hydrogens is 282 g/mol. The van der Waals surface area contributed by atoms with Crippen LogP contribution in [0.1, 0.15) is 19.4 Å². The molecule has 0 aliphatic heterocycles. The topological polar surface area (TPSA) is 69.6 Å². The van der Waals surface area contributed by atoms with Gasteiger partial charge in [-0.25, -0.2) is 4.68 Å². The number of halogens is 1. The van der Waals surface area contributed by atoms with Crippen LogP contribution in [0.5, 0.6) is 0 Å². The summed E-state index contributed by atoms with van der Waals surface area (Å²) in [5.74, 6) is 1.43. The van der Waals surface area contributed by atoms with Gasteiger partial charge in [0, 0.05) is 15.7 Å². The summed E-state index contributed by atoms with van der Waals surface area (Å²) in [6.45, 7) is 2.20. The van der Waals surface area contributed by atoms with E-state index in [0.717, 1.165) is 22.3 Å².